The molecule has 0 bridgehead atoms. The van der Waals surface area contributed by atoms with Crippen LogP contribution in [0.1, 0.15) is 16.8 Å². The molecule has 3 rings (SSSR count). The maximum absolute atomic E-state index is 11.7. The first-order chi connectivity index (χ1) is 11.5. The van der Waals surface area contributed by atoms with E-state index in [0.29, 0.717) is 11.1 Å². The second kappa shape index (κ2) is 7.91. The molecule has 0 aliphatic carbocycles. The van der Waals surface area contributed by atoms with Crippen LogP contribution in [-0.2, 0) is 6.61 Å². The minimum Gasteiger partial charge on any atom is -0.578 e. The fourth-order valence-electron chi connectivity index (χ4n) is 2.57. The summed E-state index contributed by atoms with van der Waals surface area (Å²) in [5, 5.41) is 11.7. The van der Waals surface area contributed by atoms with E-state index in [1.165, 1.54) is 6.07 Å². The number of methoxy groups -OCH3 is 1. The van der Waals surface area contributed by atoms with Gasteiger partial charge in [0.2, 0.25) is 0 Å². The molecule has 0 N–H and O–H groups in total. The minimum atomic E-state index is -0.676. The van der Waals surface area contributed by atoms with E-state index in [1.54, 1.807) is 25.4 Å². The summed E-state index contributed by atoms with van der Waals surface area (Å²) in [7, 11) is 1.62. The van der Waals surface area contributed by atoms with Gasteiger partial charge in [0, 0.05) is 34.4 Å². The van der Waals surface area contributed by atoms with Crippen molar-refractivity contribution < 1.29 is 48.6 Å². The minimum absolute atomic E-state index is 0. The number of rotatable bonds is 4. The fraction of sp³-hybridized carbons (Fsp3) is 0.222. The molecule has 2 aromatic heterocycles. The van der Waals surface area contributed by atoms with Crippen LogP contribution in [-0.4, -0.2) is 12.1 Å². The van der Waals surface area contributed by atoms with Crippen LogP contribution in [0.4, 0.5) is 0 Å². The second-order valence-electron chi connectivity index (χ2n) is 5.42. The van der Waals surface area contributed by atoms with Crippen LogP contribution in [0.15, 0.2) is 39.7 Å². The third kappa shape index (κ3) is 3.98. The molecule has 0 amide bonds. The molecule has 0 spiro atoms. The van der Waals surface area contributed by atoms with Gasteiger partial charge in [0.05, 0.1) is 18.8 Å². The number of fused-ring (bicyclic) bond motifs is 1. The van der Waals surface area contributed by atoms with E-state index in [2.05, 4.69) is 4.98 Å². The standard InChI is InChI=1S/C18H17NO5.Na/c1-10-8-19-14(11(2)18(10)22-3)9-23-12-4-5-13-15(20)7-17(21)24-16(13)6-12;/h4-8,21H,9H2,1-3H3;/q;+1/p-1. The third-order valence-corrected chi connectivity index (χ3v) is 3.80. The van der Waals surface area contributed by atoms with Crippen LogP contribution < -0.4 is 49.6 Å². The first kappa shape index (κ1) is 19.3. The number of nitrogens with zero attached hydrogens (tertiary/aromatic N) is 1. The molecular formula is C18H16NNaO5. The smallest absolute Gasteiger partial charge is 0.578 e. The van der Waals surface area contributed by atoms with Crippen molar-refractivity contribution in [3.8, 4) is 17.4 Å². The zero-order valence-electron chi connectivity index (χ0n) is 14.6. The average molecular weight is 349 g/mol. The van der Waals surface area contributed by atoms with Crippen LogP contribution in [0.2, 0.25) is 0 Å². The van der Waals surface area contributed by atoms with Crippen molar-refractivity contribution >= 4 is 11.0 Å². The summed E-state index contributed by atoms with van der Waals surface area (Å²) in [4.78, 5) is 16.1. The summed E-state index contributed by atoms with van der Waals surface area (Å²) in [6.45, 7) is 4.07. The molecule has 6 nitrogen and oxygen atoms in total. The largest absolute Gasteiger partial charge is 1.00 e. The third-order valence-electron chi connectivity index (χ3n) is 3.80. The Balaban J connectivity index is 0.00000225. The Morgan fingerprint density at radius 1 is 1.24 bits per heavy atom. The van der Waals surface area contributed by atoms with Crippen molar-refractivity contribution in [1.82, 2.24) is 4.98 Å². The molecule has 3 aromatic rings. The molecule has 0 saturated carbocycles. The van der Waals surface area contributed by atoms with Crippen LogP contribution in [0.25, 0.3) is 11.0 Å². The number of pyridine rings is 1. The van der Waals surface area contributed by atoms with Gasteiger partial charge in [-0.3, -0.25) is 9.78 Å². The Hall–Kier alpha value is -2.02. The summed E-state index contributed by atoms with van der Waals surface area (Å²) in [6, 6.07) is 5.68. The number of aryl methyl sites for hydroxylation is 1. The Morgan fingerprint density at radius 3 is 2.72 bits per heavy atom. The van der Waals surface area contributed by atoms with Crippen molar-refractivity contribution in [2.24, 2.45) is 0 Å². The van der Waals surface area contributed by atoms with Gasteiger partial charge in [0.15, 0.2) is 5.43 Å². The van der Waals surface area contributed by atoms with Gasteiger partial charge in [0.1, 0.15) is 18.1 Å². The second-order valence-corrected chi connectivity index (χ2v) is 5.42. The van der Waals surface area contributed by atoms with Crippen molar-refractivity contribution in [2.45, 2.75) is 20.5 Å². The Morgan fingerprint density at radius 2 is 2.00 bits per heavy atom. The molecule has 0 radical (unpaired) electrons. The molecular weight excluding hydrogens is 333 g/mol. The summed E-state index contributed by atoms with van der Waals surface area (Å²) in [6.07, 6.45) is 1.73. The van der Waals surface area contributed by atoms with Crippen molar-refractivity contribution in [3.63, 3.8) is 0 Å². The maximum atomic E-state index is 11.7. The van der Waals surface area contributed by atoms with E-state index in [4.69, 9.17) is 13.9 Å². The molecule has 25 heavy (non-hydrogen) atoms. The molecule has 0 saturated heterocycles. The van der Waals surface area contributed by atoms with E-state index in [9.17, 15) is 9.90 Å². The Bertz CT molecular complexity index is 968. The predicted molar refractivity (Wildman–Crippen MR) is 86.5 cm³/mol. The topological polar surface area (TPSA) is 84.6 Å². The van der Waals surface area contributed by atoms with Crippen molar-refractivity contribution in [2.75, 3.05) is 7.11 Å². The number of ether oxygens (including phenoxy) is 2. The van der Waals surface area contributed by atoms with Gasteiger partial charge in [-0.15, -0.1) is 0 Å². The van der Waals surface area contributed by atoms with Crippen LogP contribution in [0, 0.1) is 13.8 Å². The number of aromatic nitrogens is 1. The molecule has 0 atom stereocenters. The summed E-state index contributed by atoms with van der Waals surface area (Å²) >= 11 is 0. The van der Waals surface area contributed by atoms with E-state index < -0.39 is 5.95 Å². The summed E-state index contributed by atoms with van der Waals surface area (Å²) < 4.78 is 16.1. The molecule has 0 aliphatic heterocycles. The van der Waals surface area contributed by atoms with Gasteiger partial charge in [-0.2, -0.15) is 0 Å². The first-order valence-electron chi connectivity index (χ1n) is 7.36. The molecule has 124 valence electrons. The number of hydrogen-bond acceptors (Lipinski definition) is 6. The monoisotopic (exact) mass is 349 g/mol. The molecule has 7 heteroatoms. The number of hydrogen-bond donors (Lipinski definition) is 0. The fourth-order valence-corrected chi connectivity index (χ4v) is 2.57. The van der Waals surface area contributed by atoms with Gasteiger partial charge in [-0.25, -0.2) is 0 Å². The zero-order chi connectivity index (χ0) is 17.3. The van der Waals surface area contributed by atoms with Gasteiger partial charge in [0.25, 0.3) is 0 Å². The van der Waals surface area contributed by atoms with Crippen LogP contribution in [0.3, 0.4) is 0 Å². The normalized spacial score (nSPS) is 10.4. The quantitative estimate of drug-likeness (QED) is 0.589. The molecule has 0 unspecified atom stereocenters. The van der Waals surface area contributed by atoms with E-state index in [-0.39, 0.29) is 47.2 Å². The van der Waals surface area contributed by atoms with Crippen molar-refractivity contribution in [1.29, 1.82) is 0 Å². The van der Waals surface area contributed by atoms with Gasteiger partial charge < -0.3 is 19.0 Å². The van der Waals surface area contributed by atoms with E-state index in [1.807, 2.05) is 13.8 Å². The zero-order valence-corrected chi connectivity index (χ0v) is 16.6. The van der Waals surface area contributed by atoms with E-state index >= 15 is 0 Å². The first-order valence-corrected chi connectivity index (χ1v) is 7.36. The summed E-state index contributed by atoms with van der Waals surface area (Å²) in [5.74, 6) is 0.589. The Kier molecular flexibility index (Phi) is 6.11. The predicted octanol–water partition coefficient (Wildman–Crippen LogP) is -0.530. The van der Waals surface area contributed by atoms with Gasteiger partial charge in [-0.1, -0.05) is 0 Å². The average Bonchev–Trinajstić information content (AvgIpc) is 2.54. The van der Waals surface area contributed by atoms with Crippen LogP contribution in [0.5, 0.6) is 17.4 Å². The van der Waals surface area contributed by atoms with Crippen LogP contribution >= 0.6 is 0 Å². The SMILES string of the molecule is COc1c(C)cnc(COc2ccc3c(=O)cc([O-])oc3c2)c1C.[Na+]. The Labute approximate surface area is 166 Å². The summed E-state index contributed by atoms with van der Waals surface area (Å²) in [5.41, 5.74) is 2.45. The maximum Gasteiger partial charge on any atom is 1.00 e. The molecule has 1 aromatic carbocycles. The molecule has 0 aliphatic rings. The number of benzene rings is 1. The molecule has 0 fully saturated rings. The van der Waals surface area contributed by atoms with Gasteiger partial charge >= 0.3 is 29.6 Å². The van der Waals surface area contributed by atoms with E-state index in [0.717, 1.165) is 28.6 Å². The van der Waals surface area contributed by atoms with Crippen molar-refractivity contribution in [3.05, 3.63) is 57.5 Å². The van der Waals surface area contributed by atoms with Gasteiger partial charge in [-0.05, 0) is 32.0 Å². The molecule has 2 heterocycles.